The maximum absolute atomic E-state index is 11.8. The van der Waals surface area contributed by atoms with Crippen LogP contribution in [-0.2, 0) is 4.79 Å². The fraction of sp³-hybridized carbons (Fsp3) is 0.167. The zero-order valence-electron chi connectivity index (χ0n) is 9.31. The average molecular weight is 230 g/mol. The van der Waals surface area contributed by atoms with Crippen LogP contribution in [0.1, 0.15) is 6.42 Å². The number of aromatic nitrogens is 2. The minimum absolute atomic E-state index is 0.224. The van der Waals surface area contributed by atoms with E-state index in [1.165, 1.54) is 0 Å². The Morgan fingerprint density at radius 3 is 3.24 bits per heavy atom. The summed E-state index contributed by atoms with van der Waals surface area (Å²) in [7, 11) is 0. The standard InChI is InChI=1S/C12H14N4O/c1-2-4-9(13)12(17)15-10-5-3-6-11-8(10)7-14-16-11/h2-3,5-7,9H,1,4,13H2,(H,14,16)(H,15,17). The lowest BCUT2D eigenvalue weighted by Crippen LogP contribution is -2.35. The number of fused-ring (bicyclic) bond motifs is 1. The molecule has 1 unspecified atom stereocenters. The molecule has 0 aliphatic rings. The fourth-order valence-electron chi connectivity index (χ4n) is 1.59. The molecule has 0 aliphatic heterocycles. The van der Waals surface area contributed by atoms with Crippen LogP contribution in [-0.4, -0.2) is 22.1 Å². The topological polar surface area (TPSA) is 83.8 Å². The van der Waals surface area contributed by atoms with Crippen LogP contribution in [0.5, 0.6) is 0 Å². The highest BCUT2D eigenvalue weighted by atomic mass is 16.2. The molecule has 17 heavy (non-hydrogen) atoms. The molecule has 0 fully saturated rings. The van der Waals surface area contributed by atoms with Crippen LogP contribution in [0.15, 0.2) is 37.1 Å². The van der Waals surface area contributed by atoms with E-state index in [-0.39, 0.29) is 5.91 Å². The van der Waals surface area contributed by atoms with Crippen LogP contribution < -0.4 is 11.1 Å². The molecule has 1 heterocycles. The van der Waals surface area contributed by atoms with Gasteiger partial charge < -0.3 is 11.1 Å². The number of rotatable bonds is 4. The second-order valence-corrected chi connectivity index (χ2v) is 3.76. The van der Waals surface area contributed by atoms with Gasteiger partial charge in [0, 0.05) is 5.39 Å². The monoisotopic (exact) mass is 230 g/mol. The van der Waals surface area contributed by atoms with Crippen molar-refractivity contribution in [2.45, 2.75) is 12.5 Å². The van der Waals surface area contributed by atoms with Gasteiger partial charge in [-0.25, -0.2) is 0 Å². The van der Waals surface area contributed by atoms with Gasteiger partial charge in [-0.1, -0.05) is 12.1 Å². The lowest BCUT2D eigenvalue weighted by atomic mass is 10.2. The van der Waals surface area contributed by atoms with Crippen LogP contribution in [0.4, 0.5) is 5.69 Å². The summed E-state index contributed by atoms with van der Waals surface area (Å²) in [6, 6.07) is 4.97. The van der Waals surface area contributed by atoms with Crippen molar-refractivity contribution in [3.63, 3.8) is 0 Å². The molecule has 4 N–H and O–H groups in total. The first-order chi connectivity index (χ1) is 8.22. The minimum atomic E-state index is -0.574. The molecule has 1 aromatic carbocycles. The van der Waals surface area contributed by atoms with Gasteiger partial charge in [0.15, 0.2) is 0 Å². The molecule has 5 nitrogen and oxygen atoms in total. The Balaban J connectivity index is 2.21. The van der Waals surface area contributed by atoms with E-state index in [4.69, 9.17) is 5.73 Å². The Bertz CT molecular complexity index is 546. The van der Waals surface area contributed by atoms with Gasteiger partial charge in [0.1, 0.15) is 0 Å². The van der Waals surface area contributed by atoms with Crippen LogP contribution in [0.25, 0.3) is 10.9 Å². The van der Waals surface area contributed by atoms with Crippen LogP contribution in [0.2, 0.25) is 0 Å². The number of carbonyl (C=O) groups excluding carboxylic acids is 1. The van der Waals surface area contributed by atoms with Crippen molar-refractivity contribution in [2.75, 3.05) is 5.32 Å². The zero-order valence-corrected chi connectivity index (χ0v) is 9.31. The molecule has 1 atom stereocenters. The maximum atomic E-state index is 11.8. The number of nitrogens with one attached hydrogen (secondary N) is 2. The number of benzene rings is 1. The summed E-state index contributed by atoms with van der Waals surface area (Å²) in [4.78, 5) is 11.8. The Hall–Kier alpha value is -2.14. The highest BCUT2D eigenvalue weighted by molar-refractivity contribution is 6.02. The van der Waals surface area contributed by atoms with E-state index >= 15 is 0 Å². The summed E-state index contributed by atoms with van der Waals surface area (Å²) in [5, 5.41) is 10.4. The Labute approximate surface area is 98.7 Å². The molecular weight excluding hydrogens is 216 g/mol. The number of carbonyl (C=O) groups is 1. The number of hydrogen-bond acceptors (Lipinski definition) is 3. The summed E-state index contributed by atoms with van der Waals surface area (Å²) in [6.45, 7) is 3.56. The van der Waals surface area contributed by atoms with E-state index in [0.717, 1.165) is 10.9 Å². The SMILES string of the molecule is C=CCC(N)C(=O)Nc1cccc2[nH]ncc12. The van der Waals surface area contributed by atoms with Crippen molar-refractivity contribution in [2.24, 2.45) is 5.73 Å². The number of aromatic amines is 1. The highest BCUT2D eigenvalue weighted by Crippen LogP contribution is 2.21. The van der Waals surface area contributed by atoms with Crippen molar-refractivity contribution in [3.8, 4) is 0 Å². The number of amides is 1. The van der Waals surface area contributed by atoms with Gasteiger partial charge in [0.25, 0.3) is 0 Å². The molecule has 0 bridgehead atoms. The first-order valence-corrected chi connectivity index (χ1v) is 5.32. The number of hydrogen-bond donors (Lipinski definition) is 3. The van der Waals surface area contributed by atoms with Crippen molar-refractivity contribution < 1.29 is 4.79 Å². The smallest absolute Gasteiger partial charge is 0.241 e. The molecule has 1 aromatic heterocycles. The quantitative estimate of drug-likeness (QED) is 0.694. The normalized spacial score (nSPS) is 12.3. The molecule has 0 spiro atoms. The molecule has 5 heteroatoms. The van der Waals surface area contributed by atoms with Crippen molar-refractivity contribution >= 4 is 22.5 Å². The number of H-pyrrole nitrogens is 1. The Morgan fingerprint density at radius 1 is 1.65 bits per heavy atom. The third-order valence-corrected chi connectivity index (χ3v) is 2.50. The van der Waals surface area contributed by atoms with Crippen LogP contribution in [0.3, 0.4) is 0 Å². The van der Waals surface area contributed by atoms with Gasteiger partial charge in [-0.3, -0.25) is 9.89 Å². The van der Waals surface area contributed by atoms with Gasteiger partial charge >= 0.3 is 0 Å². The second kappa shape index (κ2) is 4.80. The largest absolute Gasteiger partial charge is 0.324 e. The van der Waals surface area contributed by atoms with E-state index in [1.54, 1.807) is 12.3 Å². The van der Waals surface area contributed by atoms with Gasteiger partial charge in [0.05, 0.1) is 23.4 Å². The average Bonchev–Trinajstić information content (AvgIpc) is 2.78. The van der Waals surface area contributed by atoms with Crippen molar-refractivity contribution in [3.05, 3.63) is 37.1 Å². The van der Waals surface area contributed by atoms with Crippen molar-refractivity contribution in [1.29, 1.82) is 0 Å². The molecular formula is C12H14N4O. The molecule has 88 valence electrons. The van der Waals surface area contributed by atoms with E-state index in [9.17, 15) is 4.79 Å². The molecule has 0 aliphatic carbocycles. The second-order valence-electron chi connectivity index (χ2n) is 3.76. The van der Waals surface area contributed by atoms with Crippen LogP contribution >= 0.6 is 0 Å². The molecule has 0 radical (unpaired) electrons. The summed E-state index contributed by atoms with van der Waals surface area (Å²) in [5.74, 6) is -0.224. The summed E-state index contributed by atoms with van der Waals surface area (Å²) in [5.41, 5.74) is 7.27. The fourth-order valence-corrected chi connectivity index (χ4v) is 1.59. The van der Waals surface area contributed by atoms with Gasteiger partial charge in [-0.15, -0.1) is 6.58 Å². The third kappa shape index (κ3) is 2.34. The summed E-state index contributed by atoms with van der Waals surface area (Å²) in [6.07, 6.45) is 3.75. The predicted octanol–water partition coefficient (Wildman–Crippen LogP) is 1.40. The van der Waals surface area contributed by atoms with Crippen LogP contribution in [0, 0.1) is 0 Å². The van der Waals surface area contributed by atoms with E-state index in [1.807, 2.05) is 18.2 Å². The molecule has 2 rings (SSSR count). The zero-order chi connectivity index (χ0) is 12.3. The maximum Gasteiger partial charge on any atom is 0.241 e. The Kier molecular flexibility index (Phi) is 3.20. The van der Waals surface area contributed by atoms with Crippen molar-refractivity contribution in [1.82, 2.24) is 10.2 Å². The molecule has 0 saturated carbocycles. The first kappa shape index (κ1) is 11.3. The Morgan fingerprint density at radius 2 is 2.47 bits per heavy atom. The first-order valence-electron chi connectivity index (χ1n) is 5.32. The third-order valence-electron chi connectivity index (χ3n) is 2.50. The minimum Gasteiger partial charge on any atom is -0.324 e. The molecule has 1 amide bonds. The van der Waals surface area contributed by atoms with E-state index < -0.39 is 6.04 Å². The lowest BCUT2D eigenvalue weighted by Gasteiger charge is -2.10. The van der Waals surface area contributed by atoms with E-state index in [0.29, 0.717) is 12.1 Å². The van der Waals surface area contributed by atoms with Gasteiger partial charge in [-0.05, 0) is 18.6 Å². The predicted molar refractivity (Wildman–Crippen MR) is 67.5 cm³/mol. The van der Waals surface area contributed by atoms with Gasteiger partial charge in [-0.2, -0.15) is 5.10 Å². The highest BCUT2D eigenvalue weighted by Gasteiger charge is 2.13. The van der Waals surface area contributed by atoms with Gasteiger partial charge in [0.2, 0.25) is 5.91 Å². The lowest BCUT2D eigenvalue weighted by molar-refractivity contribution is -0.117. The number of nitrogens with zero attached hydrogens (tertiary/aromatic N) is 1. The number of nitrogens with two attached hydrogens (primary N) is 1. The summed E-state index contributed by atoms with van der Waals surface area (Å²) < 4.78 is 0. The number of anilines is 1. The van der Waals surface area contributed by atoms with E-state index in [2.05, 4.69) is 22.1 Å². The summed E-state index contributed by atoms with van der Waals surface area (Å²) >= 11 is 0. The molecule has 2 aromatic rings. The molecule has 0 saturated heterocycles.